The Morgan fingerprint density at radius 1 is 1.14 bits per heavy atom. The van der Waals surface area contributed by atoms with Crippen LogP contribution in [-0.2, 0) is 11.2 Å². The number of likely N-dealkylation sites (tertiary alicyclic amines) is 1. The van der Waals surface area contributed by atoms with Crippen LogP contribution in [0.25, 0.3) is 0 Å². The summed E-state index contributed by atoms with van der Waals surface area (Å²) >= 11 is 5.91. The molecule has 1 saturated heterocycles. The molecule has 3 rings (SSSR count). The second-order valence-corrected chi connectivity index (χ2v) is 7.66. The average Bonchev–Trinajstić information content (AvgIpc) is 3.17. The molecule has 2 unspecified atom stereocenters. The highest BCUT2D eigenvalue weighted by Gasteiger charge is 2.31. The second-order valence-electron chi connectivity index (χ2n) is 7.22. The zero-order valence-corrected chi connectivity index (χ0v) is 16.8. The van der Waals surface area contributed by atoms with Crippen LogP contribution in [0.5, 0.6) is 0 Å². The van der Waals surface area contributed by atoms with E-state index in [1.165, 1.54) is 0 Å². The molecule has 0 radical (unpaired) electrons. The number of rotatable bonds is 7. The summed E-state index contributed by atoms with van der Waals surface area (Å²) in [6, 6.07) is 15.9. The summed E-state index contributed by atoms with van der Waals surface area (Å²) in [6.07, 6.45) is 1.45. The average molecular weight is 400 g/mol. The van der Waals surface area contributed by atoms with Gasteiger partial charge in [0.1, 0.15) is 6.04 Å². The maximum atomic E-state index is 13.2. The molecule has 0 spiro atoms. The van der Waals surface area contributed by atoms with Crippen molar-refractivity contribution in [1.29, 1.82) is 0 Å². The molecule has 1 aliphatic heterocycles. The molecule has 148 valence electrons. The van der Waals surface area contributed by atoms with Gasteiger partial charge in [0.05, 0.1) is 0 Å². The van der Waals surface area contributed by atoms with Gasteiger partial charge in [0.25, 0.3) is 5.91 Å². The Morgan fingerprint density at radius 2 is 1.86 bits per heavy atom. The van der Waals surface area contributed by atoms with Crippen LogP contribution in [0.2, 0.25) is 5.02 Å². The summed E-state index contributed by atoms with van der Waals surface area (Å²) in [5.41, 5.74) is 1.51. The smallest absolute Gasteiger partial charge is 0.251 e. The molecule has 2 amide bonds. The number of hydrogen-bond acceptors (Lipinski definition) is 3. The first kappa shape index (κ1) is 20.4. The van der Waals surface area contributed by atoms with Crippen molar-refractivity contribution < 1.29 is 9.59 Å². The van der Waals surface area contributed by atoms with Gasteiger partial charge in [-0.3, -0.25) is 9.59 Å². The van der Waals surface area contributed by atoms with Crippen molar-refractivity contribution in [2.24, 2.45) is 5.92 Å². The van der Waals surface area contributed by atoms with Crippen LogP contribution in [0.1, 0.15) is 22.3 Å². The van der Waals surface area contributed by atoms with Crippen molar-refractivity contribution >= 4 is 23.4 Å². The molecule has 2 aromatic rings. The van der Waals surface area contributed by atoms with Crippen molar-refractivity contribution in [1.82, 2.24) is 15.5 Å². The van der Waals surface area contributed by atoms with E-state index in [1.807, 2.05) is 42.3 Å². The molecule has 5 nitrogen and oxygen atoms in total. The molecule has 2 N–H and O–H groups in total. The number of benzene rings is 2. The predicted molar refractivity (Wildman–Crippen MR) is 111 cm³/mol. The Hall–Kier alpha value is -2.37. The van der Waals surface area contributed by atoms with Gasteiger partial charge in [-0.25, -0.2) is 0 Å². The van der Waals surface area contributed by atoms with E-state index in [4.69, 9.17) is 11.6 Å². The maximum absolute atomic E-state index is 13.2. The molecular formula is C22H26ClN3O2. The minimum absolute atomic E-state index is 0.0234. The van der Waals surface area contributed by atoms with Gasteiger partial charge in [0.15, 0.2) is 0 Å². The van der Waals surface area contributed by atoms with Gasteiger partial charge in [-0.05, 0) is 55.8 Å². The lowest BCUT2D eigenvalue weighted by Gasteiger charge is -2.25. The molecule has 2 aromatic carbocycles. The third kappa shape index (κ3) is 5.33. The van der Waals surface area contributed by atoms with Crippen molar-refractivity contribution in [2.75, 3.05) is 26.7 Å². The highest BCUT2D eigenvalue weighted by molar-refractivity contribution is 6.30. The van der Waals surface area contributed by atoms with E-state index >= 15 is 0 Å². The van der Waals surface area contributed by atoms with E-state index in [0.717, 1.165) is 31.6 Å². The van der Waals surface area contributed by atoms with Gasteiger partial charge in [-0.15, -0.1) is 0 Å². The fourth-order valence-electron chi connectivity index (χ4n) is 3.60. The molecular weight excluding hydrogens is 374 g/mol. The van der Waals surface area contributed by atoms with E-state index in [9.17, 15) is 9.59 Å². The van der Waals surface area contributed by atoms with Crippen molar-refractivity contribution in [3.05, 3.63) is 70.7 Å². The first-order valence-corrected chi connectivity index (χ1v) is 9.98. The van der Waals surface area contributed by atoms with Gasteiger partial charge >= 0.3 is 0 Å². The van der Waals surface area contributed by atoms with Gasteiger partial charge in [0.2, 0.25) is 5.91 Å². The minimum Gasteiger partial charge on any atom is -0.341 e. The number of carbonyl (C=O) groups is 2. The lowest BCUT2D eigenvalue weighted by atomic mass is 10.0. The number of carbonyl (C=O) groups excluding carboxylic acids is 2. The quantitative estimate of drug-likeness (QED) is 0.752. The Balaban J connectivity index is 1.74. The van der Waals surface area contributed by atoms with Crippen molar-refractivity contribution in [3.8, 4) is 0 Å². The third-order valence-corrected chi connectivity index (χ3v) is 5.33. The molecule has 0 saturated carbocycles. The van der Waals surface area contributed by atoms with Crippen LogP contribution in [-0.4, -0.2) is 49.4 Å². The molecule has 1 aliphatic rings. The van der Waals surface area contributed by atoms with Crippen LogP contribution in [0.3, 0.4) is 0 Å². The lowest BCUT2D eigenvalue weighted by Crippen LogP contribution is -2.49. The van der Waals surface area contributed by atoms with Crippen molar-refractivity contribution in [2.45, 2.75) is 18.9 Å². The number of hydrogen-bond donors (Lipinski definition) is 2. The first-order valence-electron chi connectivity index (χ1n) is 9.60. The Kier molecular flexibility index (Phi) is 7.06. The van der Waals surface area contributed by atoms with Crippen LogP contribution >= 0.6 is 11.6 Å². The largest absolute Gasteiger partial charge is 0.341 e. The standard InChI is InChI=1S/C22H26ClN3O2/c1-24-14-17-11-12-26(15-17)22(28)20(13-16-5-3-2-4-6-16)25-21(27)18-7-9-19(23)10-8-18/h2-10,17,20,24H,11-15H2,1H3,(H,25,27). The highest BCUT2D eigenvalue weighted by atomic mass is 35.5. The molecule has 6 heteroatoms. The lowest BCUT2D eigenvalue weighted by molar-refractivity contribution is -0.132. The van der Waals surface area contributed by atoms with Gasteiger partial charge in [-0.2, -0.15) is 0 Å². The maximum Gasteiger partial charge on any atom is 0.251 e. The normalized spacial score (nSPS) is 17.4. The fourth-order valence-corrected chi connectivity index (χ4v) is 3.73. The van der Waals surface area contributed by atoms with Gasteiger partial charge in [-0.1, -0.05) is 41.9 Å². The molecule has 0 bridgehead atoms. The zero-order valence-electron chi connectivity index (χ0n) is 16.0. The second kappa shape index (κ2) is 9.71. The Labute approximate surface area is 171 Å². The summed E-state index contributed by atoms with van der Waals surface area (Å²) in [5.74, 6) is 0.167. The van der Waals surface area contributed by atoms with E-state index < -0.39 is 6.04 Å². The Morgan fingerprint density at radius 3 is 2.54 bits per heavy atom. The Bertz CT molecular complexity index is 795. The van der Waals surface area contributed by atoms with E-state index in [-0.39, 0.29) is 11.8 Å². The summed E-state index contributed by atoms with van der Waals surface area (Å²) in [7, 11) is 1.93. The number of halogens is 1. The van der Waals surface area contributed by atoms with E-state index in [0.29, 0.717) is 22.9 Å². The van der Waals surface area contributed by atoms with Crippen LogP contribution in [0, 0.1) is 5.92 Å². The number of nitrogens with zero attached hydrogens (tertiary/aromatic N) is 1. The minimum atomic E-state index is -0.598. The predicted octanol–water partition coefficient (Wildman–Crippen LogP) is 2.75. The van der Waals surface area contributed by atoms with Crippen LogP contribution in [0.4, 0.5) is 0 Å². The first-order chi connectivity index (χ1) is 13.6. The highest BCUT2D eigenvalue weighted by Crippen LogP contribution is 2.18. The molecule has 1 heterocycles. The molecule has 2 atom stereocenters. The molecule has 0 aliphatic carbocycles. The topological polar surface area (TPSA) is 61.4 Å². The van der Waals surface area contributed by atoms with Crippen LogP contribution < -0.4 is 10.6 Å². The van der Waals surface area contributed by atoms with Gasteiger partial charge < -0.3 is 15.5 Å². The summed E-state index contributed by atoms with van der Waals surface area (Å²) in [5, 5.41) is 6.68. The number of nitrogens with one attached hydrogen (secondary N) is 2. The fraction of sp³-hybridized carbons (Fsp3) is 0.364. The monoisotopic (exact) mass is 399 g/mol. The third-order valence-electron chi connectivity index (χ3n) is 5.08. The SMILES string of the molecule is CNCC1CCN(C(=O)C(Cc2ccccc2)NC(=O)c2ccc(Cl)cc2)C1. The van der Waals surface area contributed by atoms with Crippen molar-refractivity contribution in [3.63, 3.8) is 0 Å². The van der Waals surface area contributed by atoms with Crippen LogP contribution in [0.15, 0.2) is 54.6 Å². The van der Waals surface area contributed by atoms with Gasteiger partial charge in [0, 0.05) is 30.1 Å². The molecule has 0 aromatic heterocycles. The van der Waals surface area contributed by atoms with E-state index in [2.05, 4.69) is 10.6 Å². The zero-order chi connectivity index (χ0) is 19.9. The molecule has 28 heavy (non-hydrogen) atoms. The molecule has 1 fully saturated rings. The summed E-state index contributed by atoms with van der Waals surface area (Å²) in [4.78, 5) is 27.8. The number of amides is 2. The summed E-state index contributed by atoms with van der Waals surface area (Å²) < 4.78 is 0. The van der Waals surface area contributed by atoms with E-state index in [1.54, 1.807) is 24.3 Å². The summed E-state index contributed by atoms with van der Waals surface area (Å²) in [6.45, 7) is 2.35.